The maximum atomic E-state index is 12.7. The molecule has 0 bridgehead atoms. The SMILES string of the molecule is C=CC[C@]1(C(=O)OC)C[C@H](O)[C@@H](NC(=O)OC(C)(C)C)[C@H]([C@H](O)[C@H](O)CNC(=O)c2cc(C)c(O)c(C)c2)O1. The summed E-state index contributed by atoms with van der Waals surface area (Å²) in [6, 6.07) is 1.65. The Morgan fingerprint density at radius 2 is 1.82 bits per heavy atom. The minimum Gasteiger partial charge on any atom is -0.507 e. The number of esters is 1. The predicted octanol–water partition coefficient (Wildman–Crippen LogP) is 0.992. The summed E-state index contributed by atoms with van der Waals surface area (Å²) < 4.78 is 16.1. The van der Waals surface area contributed by atoms with Crippen LogP contribution < -0.4 is 10.6 Å². The first-order valence-corrected chi connectivity index (χ1v) is 12.5. The van der Waals surface area contributed by atoms with Crippen LogP contribution in [0.15, 0.2) is 24.8 Å². The number of nitrogens with one attached hydrogen (secondary N) is 2. The van der Waals surface area contributed by atoms with E-state index in [1.165, 1.54) is 18.2 Å². The fraction of sp³-hybridized carbons (Fsp3) is 0.593. The van der Waals surface area contributed by atoms with Crippen LogP contribution in [-0.4, -0.2) is 93.7 Å². The van der Waals surface area contributed by atoms with Crippen LogP contribution in [0, 0.1) is 13.8 Å². The van der Waals surface area contributed by atoms with Gasteiger partial charge in [-0.15, -0.1) is 6.58 Å². The summed E-state index contributed by atoms with van der Waals surface area (Å²) in [5, 5.41) is 47.8. The van der Waals surface area contributed by atoms with Gasteiger partial charge in [-0.2, -0.15) is 0 Å². The maximum Gasteiger partial charge on any atom is 0.408 e. The molecule has 6 N–H and O–H groups in total. The Labute approximate surface area is 228 Å². The second kappa shape index (κ2) is 12.8. The second-order valence-electron chi connectivity index (χ2n) is 10.7. The van der Waals surface area contributed by atoms with E-state index in [0.717, 1.165) is 7.11 Å². The summed E-state index contributed by atoms with van der Waals surface area (Å²) in [6.45, 7) is 11.4. The van der Waals surface area contributed by atoms with Crippen LogP contribution in [0.25, 0.3) is 0 Å². The molecule has 1 heterocycles. The number of alkyl carbamates (subject to hydrolysis) is 1. The third kappa shape index (κ3) is 7.91. The number of amides is 2. The Morgan fingerprint density at radius 1 is 1.23 bits per heavy atom. The molecule has 1 fully saturated rings. The van der Waals surface area contributed by atoms with Crippen molar-refractivity contribution in [3.8, 4) is 5.75 Å². The lowest BCUT2D eigenvalue weighted by atomic mass is 9.82. The number of aliphatic hydroxyl groups is 3. The molecule has 218 valence electrons. The molecule has 1 aromatic rings. The number of aliphatic hydroxyl groups excluding tert-OH is 3. The molecule has 0 radical (unpaired) electrons. The van der Waals surface area contributed by atoms with Crippen molar-refractivity contribution in [1.82, 2.24) is 10.6 Å². The van der Waals surface area contributed by atoms with Crippen LogP contribution in [0.1, 0.15) is 55.1 Å². The Bertz CT molecular complexity index is 1050. The average Bonchev–Trinajstić information content (AvgIpc) is 2.84. The summed E-state index contributed by atoms with van der Waals surface area (Å²) in [4.78, 5) is 37.9. The zero-order valence-electron chi connectivity index (χ0n) is 23.2. The van der Waals surface area contributed by atoms with Crippen LogP contribution in [0.4, 0.5) is 4.79 Å². The Hall–Kier alpha value is -3.19. The van der Waals surface area contributed by atoms with Crippen molar-refractivity contribution in [2.75, 3.05) is 13.7 Å². The largest absolute Gasteiger partial charge is 0.507 e. The van der Waals surface area contributed by atoms with Gasteiger partial charge in [-0.3, -0.25) is 4.79 Å². The molecule has 6 atom stereocenters. The van der Waals surface area contributed by atoms with Gasteiger partial charge in [-0.1, -0.05) is 6.08 Å². The predicted molar refractivity (Wildman–Crippen MR) is 140 cm³/mol. The van der Waals surface area contributed by atoms with E-state index in [2.05, 4.69) is 17.2 Å². The average molecular weight is 553 g/mol. The highest BCUT2D eigenvalue weighted by atomic mass is 16.6. The van der Waals surface area contributed by atoms with Gasteiger partial charge in [0.05, 0.1) is 25.4 Å². The van der Waals surface area contributed by atoms with Crippen molar-refractivity contribution in [3.05, 3.63) is 41.5 Å². The first kappa shape index (κ1) is 32.0. The number of hydrogen-bond donors (Lipinski definition) is 6. The molecular formula is C27H40N2O10. The molecule has 0 aromatic heterocycles. The highest BCUT2D eigenvalue weighted by Crippen LogP contribution is 2.36. The number of methoxy groups -OCH3 is 1. The Morgan fingerprint density at radius 3 is 2.33 bits per heavy atom. The highest BCUT2D eigenvalue weighted by Gasteiger charge is 2.54. The monoisotopic (exact) mass is 552 g/mol. The molecule has 39 heavy (non-hydrogen) atoms. The maximum absolute atomic E-state index is 12.7. The lowest BCUT2D eigenvalue weighted by Crippen LogP contribution is -2.67. The van der Waals surface area contributed by atoms with Gasteiger partial charge in [0.1, 0.15) is 23.6 Å². The van der Waals surface area contributed by atoms with Crippen molar-refractivity contribution in [2.24, 2.45) is 0 Å². The number of carbonyl (C=O) groups excluding carboxylic acids is 3. The number of aryl methyl sites for hydroxylation is 2. The van der Waals surface area contributed by atoms with Crippen LogP contribution in [-0.2, 0) is 19.0 Å². The van der Waals surface area contributed by atoms with Gasteiger partial charge in [0.2, 0.25) is 0 Å². The molecule has 1 saturated heterocycles. The Balaban J connectivity index is 2.29. The molecular weight excluding hydrogens is 512 g/mol. The lowest BCUT2D eigenvalue weighted by Gasteiger charge is -2.47. The number of carbonyl (C=O) groups is 3. The molecule has 12 heteroatoms. The molecule has 0 aliphatic carbocycles. The Kier molecular flexibility index (Phi) is 10.5. The molecule has 1 aromatic carbocycles. The minimum atomic E-state index is -1.79. The minimum absolute atomic E-state index is 0.0622. The number of phenolic OH excluding ortho intramolecular Hbond substituents is 1. The van der Waals surface area contributed by atoms with E-state index in [1.54, 1.807) is 34.6 Å². The molecule has 2 amide bonds. The van der Waals surface area contributed by atoms with Crippen molar-refractivity contribution in [3.63, 3.8) is 0 Å². The van der Waals surface area contributed by atoms with Crippen molar-refractivity contribution in [1.29, 1.82) is 0 Å². The molecule has 0 saturated carbocycles. The summed E-state index contributed by atoms with van der Waals surface area (Å²) in [5.41, 5.74) is -1.41. The molecule has 12 nitrogen and oxygen atoms in total. The van der Waals surface area contributed by atoms with E-state index in [-0.39, 0.29) is 24.2 Å². The summed E-state index contributed by atoms with van der Waals surface area (Å²) >= 11 is 0. The number of rotatable bonds is 9. The van der Waals surface area contributed by atoms with Gasteiger partial charge in [-0.05, 0) is 57.9 Å². The molecule has 0 spiro atoms. The quantitative estimate of drug-likeness (QED) is 0.191. The highest BCUT2D eigenvalue weighted by molar-refractivity contribution is 5.94. The zero-order chi connectivity index (χ0) is 29.7. The van der Waals surface area contributed by atoms with Crippen molar-refractivity contribution >= 4 is 18.0 Å². The van der Waals surface area contributed by atoms with Crippen LogP contribution >= 0.6 is 0 Å². The normalized spacial score (nSPS) is 24.7. The number of aromatic hydroxyl groups is 1. The van der Waals surface area contributed by atoms with Crippen molar-refractivity contribution < 1.29 is 49.0 Å². The number of hydrogen-bond acceptors (Lipinski definition) is 10. The first-order chi connectivity index (χ1) is 18.0. The number of phenols is 1. The second-order valence-corrected chi connectivity index (χ2v) is 10.7. The molecule has 1 aliphatic rings. The van der Waals surface area contributed by atoms with E-state index >= 15 is 0 Å². The molecule has 2 rings (SSSR count). The van der Waals surface area contributed by atoms with Crippen LogP contribution in [0.5, 0.6) is 5.75 Å². The first-order valence-electron chi connectivity index (χ1n) is 12.5. The van der Waals surface area contributed by atoms with E-state index in [4.69, 9.17) is 14.2 Å². The lowest BCUT2D eigenvalue weighted by molar-refractivity contribution is -0.228. The topological polar surface area (TPSA) is 184 Å². The zero-order valence-corrected chi connectivity index (χ0v) is 23.2. The van der Waals surface area contributed by atoms with E-state index in [0.29, 0.717) is 11.1 Å². The fourth-order valence-corrected chi connectivity index (χ4v) is 4.46. The summed E-state index contributed by atoms with van der Waals surface area (Å²) in [6.07, 6.45) is -6.31. The number of benzene rings is 1. The fourth-order valence-electron chi connectivity index (χ4n) is 4.46. The third-order valence-corrected chi connectivity index (χ3v) is 6.34. The third-order valence-electron chi connectivity index (χ3n) is 6.34. The summed E-state index contributed by atoms with van der Waals surface area (Å²) in [7, 11) is 1.14. The standard InChI is InChI=1S/C27H40N2O10/c1-8-9-27(24(35)37-7)12-17(30)19(29-25(36)39-26(4,5)6)22(38-27)21(33)18(31)13-28-23(34)16-10-14(2)20(32)15(3)11-16/h8,10-11,17-19,21-22,30-33H,1,9,12-13H2,2-7H3,(H,28,34)(H,29,36)/t17-,18+,19+,21+,22+,27+/m0/s1. The van der Waals surface area contributed by atoms with E-state index in [9.17, 15) is 34.8 Å². The number of ether oxygens (including phenoxy) is 3. The van der Waals surface area contributed by atoms with Gasteiger partial charge in [0, 0.05) is 24.9 Å². The van der Waals surface area contributed by atoms with Gasteiger partial charge in [0.15, 0.2) is 5.60 Å². The van der Waals surface area contributed by atoms with E-state index < -0.39 is 66.2 Å². The molecule has 0 unspecified atom stereocenters. The molecule has 1 aliphatic heterocycles. The smallest absolute Gasteiger partial charge is 0.408 e. The van der Waals surface area contributed by atoms with E-state index in [1.807, 2.05) is 0 Å². The van der Waals surface area contributed by atoms with Crippen LogP contribution in [0.3, 0.4) is 0 Å². The van der Waals surface area contributed by atoms with Crippen molar-refractivity contribution in [2.45, 2.75) is 89.1 Å². The van der Waals surface area contributed by atoms with Gasteiger partial charge in [0.25, 0.3) is 5.91 Å². The van der Waals surface area contributed by atoms with Crippen LogP contribution in [0.2, 0.25) is 0 Å². The van der Waals surface area contributed by atoms with Gasteiger partial charge in [-0.25, -0.2) is 9.59 Å². The van der Waals surface area contributed by atoms with Gasteiger partial charge >= 0.3 is 12.1 Å². The van der Waals surface area contributed by atoms with Gasteiger partial charge < -0.3 is 45.3 Å². The summed E-state index contributed by atoms with van der Waals surface area (Å²) in [5.74, 6) is -1.35.